The van der Waals surface area contributed by atoms with E-state index in [1.807, 2.05) is 13.1 Å². The number of aromatic nitrogens is 3. The van der Waals surface area contributed by atoms with Crippen molar-refractivity contribution in [1.29, 1.82) is 0 Å². The normalized spacial score (nSPS) is 10.8. The van der Waals surface area contributed by atoms with Crippen LogP contribution in [0.3, 0.4) is 0 Å². The zero-order valence-electron chi connectivity index (χ0n) is 7.03. The van der Waals surface area contributed by atoms with Gasteiger partial charge in [-0.1, -0.05) is 6.92 Å². The lowest BCUT2D eigenvalue weighted by Gasteiger charge is -1.92. The van der Waals surface area contributed by atoms with Gasteiger partial charge in [0.1, 0.15) is 10.7 Å². The Morgan fingerprint density at radius 1 is 1.50 bits per heavy atom. The van der Waals surface area contributed by atoms with E-state index in [2.05, 4.69) is 21.3 Å². The van der Waals surface area contributed by atoms with Crippen LogP contribution in [-0.4, -0.2) is 14.3 Å². The second-order valence-electron chi connectivity index (χ2n) is 2.63. The predicted octanol–water partition coefficient (Wildman–Crippen LogP) is 1.96. The van der Waals surface area contributed by atoms with Crippen LogP contribution in [0.4, 0.5) is 0 Å². The van der Waals surface area contributed by atoms with Crippen molar-refractivity contribution in [2.24, 2.45) is 0 Å². The van der Waals surface area contributed by atoms with E-state index in [4.69, 9.17) is 0 Å². The van der Waals surface area contributed by atoms with Crippen molar-refractivity contribution in [3.05, 3.63) is 17.7 Å². The summed E-state index contributed by atoms with van der Waals surface area (Å²) >= 11 is 1.44. The molecule has 2 rings (SSSR count). The Hall–Kier alpha value is -1.03. The second-order valence-corrected chi connectivity index (χ2v) is 3.38. The van der Waals surface area contributed by atoms with E-state index in [0.29, 0.717) is 0 Å². The summed E-state index contributed by atoms with van der Waals surface area (Å²) in [6.07, 6.45) is 2.74. The summed E-state index contributed by atoms with van der Waals surface area (Å²) in [4.78, 5) is 9.57. The predicted molar refractivity (Wildman–Crippen MR) is 49.3 cm³/mol. The highest BCUT2D eigenvalue weighted by molar-refractivity contribution is 7.12. The smallest absolute Gasteiger partial charge is 0.147 e. The first kappa shape index (κ1) is 7.61. The molecule has 0 spiro atoms. The van der Waals surface area contributed by atoms with Crippen molar-refractivity contribution in [3.63, 3.8) is 0 Å². The highest BCUT2D eigenvalue weighted by atomic mass is 32.1. The summed E-state index contributed by atoms with van der Waals surface area (Å²) in [5.41, 5.74) is 1.03. The molecule has 0 atom stereocenters. The van der Waals surface area contributed by atoms with Crippen molar-refractivity contribution in [3.8, 4) is 0 Å². The van der Waals surface area contributed by atoms with Crippen LogP contribution >= 0.6 is 11.5 Å². The van der Waals surface area contributed by atoms with Gasteiger partial charge in [0.2, 0.25) is 0 Å². The standard InChI is InChI=1S/C8H9N3S/c1-3-7-9-4-6-5(2)11-12-8(6)10-7/h4H,3H2,1-2H3. The molecule has 0 saturated heterocycles. The van der Waals surface area contributed by atoms with Crippen LogP contribution in [0.15, 0.2) is 6.20 Å². The third kappa shape index (κ3) is 1.08. The van der Waals surface area contributed by atoms with Gasteiger partial charge in [-0.05, 0) is 18.5 Å². The van der Waals surface area contributed by atoms with E-state index < -0.39 is 0 Å². The first-order valence-electron chi connectivity index (χ1n) is 3.89. The number of hydrogen-bond acceptors (Lipinski definition) is 4. The molecule has 0 aliphatic heterocycles. The Bertz CT molecular complexity index is 408. The van der Waals surface area contributed by atoms with Crippen LogP contribution in [0, 0.1) is 6.92 Å². The molecular formula is C8H9N3S. The molecule has 0 saturated carbocycles. The van der Waals surface area contributed by atoms with Crippen molar-refractivity contribution in [2.45, 2.75) is 20.3 Å². The molecule has 0 N–H and O–H groups in total. The van der Waals surface area contributed by atoms with E-state index in [1.54, 1.807) is 0 Å². The molecule has 0 amide bonds. The summed E-state index contributed by atoms with van der Waals surface area (Å²) in [5.74, 6) is 0.895. The average Bonchev–Trinajstić information content (AvgIpc) is 2.47. The molecule has 0 aromatic carbocycles. The molecule has 2 aromatic heterocycles. The minimum absolute atomic E-state index is 0.882. The summed E-state index contributed by atoms with van der Waals surface area (Å²) < 4.78 is 4.21. The number of aryl methyl sites for hydroxylation is 2. The summed E-state index contributed by atoms with van der Waals surface area (Å²) in [7, 11) is 0. The maximum Gasteiger partial charge on any atom is 0.147 e. The van der Waals surface area contributed by atoms with Gasteiger partial charge in [0.25, 0.3) is 0 Å². The van der Waals surface area contributed by atoms with Crippen LogP contribution in [0.1, 0.15) is 18.4 Å². The lowest BCUT2D eigenvalue weighted by atomic mass is 10.3. The van der Waals surface area contributed by atoms with Crippen LogP contribution < -0.4 is 0 Å². The number of rotatable bonds is 1. The third-order valence-corrected chi connectivity index (χ3v) is 2.63. The fourth-order valence-corrected chi connectivity index (χ4v) is 1.82. The molecule has 2 aromatic rings. The van der Waals surface area contributed by atoms with Crippen LogP contribution in [0.5, 0.6) is 0 Å². The van der Waals surface area contributed by atoms with Gasteiger partial charge in [0.15, 0.2) is 0 Å². The van der Waals surface area contributed by atoms with Gasteiger partial charge in [-0.25, -0.2) is 9.97 Å². The summed E-state index contributed by atoms with van der Waals surface area (Å²) in [6, 6.07) is 0. The minimum Gasteiger partial charge on any atom is -0.241 e. The molecule has 0 bridgehead atoms. The van der Waals surface area contributed by atoms with Gasteiger partial charge in [0.05, 0.1) is 11.1 Å². The molecule has 0 radical (unpaired) electrons. The Balaban J connectivity index is 2.69. The maximum atomic E-state index is 4.36. The van der Waals surface area contributed by atoms with E-state index in [9.17, 15) is 0 Å². The maximum absolute atomic E-state index is 4.36. The number of fused-ring (bicyclic) bond motifs is 1. The van der Waals surface area contributed by atoms with E-state index in [0.717, 1.165) is 28.2 Å². The molecule has 4 heteroatoms. The lowest BCUT2D eigenvalue weighted by molar-refractivity contribution is 0.964. The molecule has 12 heavy (non-hydrogen) atoms. The van der Waals surface area contributed by atoms with Crippen LogP contribution in [0.2, 0.25) is 0 Å². The topological polar surface area (TPSA) is 38.7 Å². The Labute approximate surface area is 74.6 Å². The van der Waals surface area contributed by atoms with E-state index in [1.165, 1.54) is 11.5 Å². The molecule has 2 heterocycles. The molecule has 0 fully saturated rings. The van der Waals surface area contributed by atoms with Crippen LogP contribution in [0.25, 0.3) is 10.2 Å². The molecule has 0 unspecified atom stereocenters. The zero-order chi connectivity index (χ0) is 8.55. The van der Waals surface area contributed by atoms with Gasteiger partial charge in [-0.15, -0.1) is 0 Å². The Morgan fingerprint density at radius 2 is 2.33 bits per heavy atom. The Kier molecular flexibility index (Phi) is 1.77. The molecular weight excluding hydrogens is 170 g/mol. The number of nitrogens with zero attached hydrogens (tertiary/aromatic N) is 3. The van der Waals surface area contributed by atoms with Crippen molar-refractivity contribution in [1.82, 2.24) is 14.3 Å². The van der Waals surface area contributed by atoms with Gasteiger partial charge >= 0.3 is 0 Å². The van der Waals surface area contributed by atoms with Crippen molar-refractivity contribution in [2.75, 3.05) is 0 Å². The third-order valence-electron chi connectivity index (χ3n) is 1.78. The van der Waals surface area contributed by atoms with Gasteiger partial charge < -0.3 is 0 Å². The highest BCUT2D eigenvalue weighted by Crippen LogP contribution is 2.18. The largest absolute Gasteiger partial charge is 0.241 e. The van der Waals surface area contributed by atoms with Gasteiger partial charge in [0, 0.05) is 12.6 Å². The van der Waals surface area contributed by atoms with Gasteiger partial charge in [-0.2, -0.15) is 4.37 Å². The number of hydrogen-bond donors (Lipinski definition) is 0. The lowest BCUT2D eigenvalue weighted by Crippen LogP contribution is -1.90. The van der Waals surface area contributed by atoms with Gasteiger partial charge in [-0.3, -0.25) is 0 Å². The fourth-order valence-electron chi connectivity index (χ4n) is 1.05. The second kappa shape index (κ2) is 2.79. The van der Waals surface area contributed by atoms with Crippen LogP contribution in [-0.2, 0) is 6.42 Å². The van der Waals surface area contributed by atoms with E-state index in [-0.39, 0.29) is 0 Å². The summed E-state index contributed by atoms with van der Waals surface area (Å²) in [6.45, 7) is 4.03. The van der Waals surface area contributed by atoms with Crippen molar-refractivity contribution < 1.29 is 0 Å². The van der Waals surface area contributed by atoms with Crippen molar-refractivity contribution >= 4 is 21.7 Å². The highest BCUT2D eigenvalue weighted by Gasteiger charge is 2.03. The SMILES string of the molecule is CCc1ncc2c(C)nsc2n1. The first-order valence-corrected chi connectivity index (χ1v) is 4.66. The zero-order valence-corrected chi connectivity index (χ0v) is 7.85. The molecule has 0 aliphatic carbocycles. The molecule has 0 aliphatic rings. The molecule has 3 nitrogen and oxygen atoms in total. The molecule has 62 valence electrons. The minimum atomic E-state index is 0.882. The Morgan fingerprint density at radius 3 is 3.08 bits per heavy atom. The van der Waals surface area contributed by atoms with E-state index >= 15 is 0 Å². The quantitative estimate of drug-likeness (QED) is 0.671. The average molecular weight is 179 g/mol. The first-order chi connectivity index (χ1) is 5.81. The monoisotopic (exact) mass is 179 g/mol. The fraction of sp³-hybridized carbons (Fsp3) is 0.375. The summed E-state index contributed by atoms with van der Waals surface area (Å²) in [5, 5.41) is 1.08.